The number of ether oxygens (including phenoxy) is 2. The standard InChI is InChI=1S/C13H15N3O2/c1-8-4-12(18-3)10(5-11(8)17-2)13-15-6-9(14)7-16-13/h4-7H,14H2,1-3H3. The van der Waals surface area contributed by atoms with Gasteiger partial charge in [-0.3, -0.25) is 0 Å². The van der Waals surface area contributed by atoms with Crippen molar-refractivity contribution in [3.63, 3.8) is 0 Å². The van der Waals surface area contributed by atoms with Crippen molar-refractivity contribution in [1.29, 1.82) is 0 Å². The summed E-state index contributed by atoms with van der Waals surface area (Å²) in [6.07, 6.45) is 3.13. The molecule has 94 valence electrons. The molecule has 0 aliphatic rings. The van der Waals surface area contributed by atoms with Crippen molar-refractivity contribution >= 4 is 5.69 Å². The van der Waals surface area contributed by atoms with E-state index in [1.165, 1.54) is 0 Å². The van der Waals surface area contributed by atoms with Gasteiger partial charge in [0.2, 0.25) is 0 Å². The first-order valence-corrected chi connectivity index (χ1v) is 5.46. The summed E-state index contributed by atoms with van der Waals surface area (Å²) in [5.41, 5.74) is 7.87. The molecule has 0 spiro atoms. The van der Waals surface area contributed by atoms with Gasteiger partial charge in [0, 0.05) is 0 Å². The molecule has 1 aromatic carbocycles. The smallest absolute Gasteiger partial charge is 0.163 e. The Morgan fingerprint density at radius 3 is 2.17 bits per heavy atom. The maximum Gasteiger partial charge on any atom is 0.163 e. The molecule has 1 heterocycles. The highest BCUT2D eigenvalue weighted by molar-refractivity contribution is 5.68. The Bertz CT molecular complexity index is 553. The Labute approximate surface area is 106 Å². The molecule has 0 unspecified atom stereocenters. The second-order valence-corrected chi connectivity index (χ2v) is 3.86. The summed E-state index contributed by atoms with van der Waals surface area (Å²) in [5, 5.41) is 0. The van der Waals surface area contributed by atoms with Gasteiger partial charge in [-0.25, -0.2) is 9.97 Å². The summed E-state index contributed by atoms with van der Waals surface area (Å²) in [4.78, 5) is 8.38. The van der Waals surface area contributed by atoms with E-state index in [0.717, 1.165) is 16.9 Å². The van der Waals surface area contributed by atoms with E-state index in [9.17, 15) is 0 Å². The first-order valence-electron chi connectivity index (χ1n) is 5.46. The molecule has 2 aromatic rings. The van der Waals surface area contributed by atoms with E-state index in [2.05, 4.69) is 9.97 Å². The van der Waals surface area contributed by atoms with Crippen LogP contribution in [0.25, 0.3) is 11.4 Å². The third kappa shape index (κ3) is 2.20. The highest BCUT2D eigenvalue weighted by Gasteiger charge is 2.12. The number of nitrogens with zero attached hydrogens (tertiary/aromatic N) is 2. The average molecular weight is 245 g/mol. The van der Waals surface area contributed by atoms with Crippen LogP contribution in [0.3, 0.4) is 0 Å². The number of nitrogen functional groups attached to an aromatic ring is 1. The Kier molecular flexibility index (Phi) is 3.32. The summed E-state index contributed by atoms with van der Waals surface area (Å²) in [7, 11) is 3.24. The monoisotopic (exact) mass is 245 g/mol. The fraction of sp³-hybridized carbons (Fsp3) is 0.231. The number of anilines is 1. The molecule has 0 aliphatic carbocycles. The van der Waals surface area contributed by atoms with Crippen LogP contribution in [0.4, 0.5) is 5.69 Å². The lowest BCUT2D eigenvalue weighted by molar-refractivity contribution is 0.401. The minimum absolute atomic E-state index is 0.525. The Morgan fingerprint density at radius 2 is 1.61 bits per heavy atom. The summed E-state index contributed by atoms with van der Waals surface area (Å²) in [6, 6.07) is 3.76. The predicted octanol–water partition coefficient (Wildman–Crippen LogP) is 2.05. The summed E-state index contributed by atoms with van der Waals surface area (Å²) in [6.45, 7) is 1.95. The lowest BCUT2D eigenvalue weighted by atomic mass is 10.1. The maximum atomic E-state index is 5.57. The van der Waals surface area contributed by atoms with E-state index >= 15 is 0 Å². The third-order valence-corrected chi connectivity index (χ3v) is 2.63. The van der Waals surface area contributed by atoms with Crippen LogP contribution in [0.2, 0.25) is 0 Å². The molecule has 1 aromatic heterocycles. The SMILES string of the molecule is COc1cc(-c2ncc(N)cn2)c(OC)cc1C. The molecule has 5 nitrogen and oxygen atoms in total. The largest absolute Gasteiger partial charge is 0.496 e. The molecule has 2 rings (SSSR count). The molecular formula is C13H15N3O2. The van der Waals surface area contributed by atoms with Crippen LogP contribution in [0.1, 0.15) is 5.56 Å². The van der Waals surface area contributed by atoms with Crippen molar-refractivity contribution < 1.29 is 9.47 Å². The van der Waals surface area contributed by atoms with E-state index in [1.807, 2.05) is 19.1 Å². The van der Waals surface area contributed by atoms with Crippen LogP contribution in [0.15, 0.2) is 24.5 Å². The lowest BCUT2D eigenvalue weighted by Crippen LogP contribution is -1.97. The quantitative estimate of drug-likeness (QED) is 0.896. The zero-order valence-corrected chi connectivity index (χ0v) is 10.6. The topological polar surface area (TPSA) is 70.3 Å². The van der Waals surface area contributed by atoms with Gasteiger partial charge in [-0.15, -0.1) is 0 Å². The number of nitrogens with two attached hydrogens (primary N) is 1. The van der Waals surface area contributed by atoms with Crippen LogP contribution < -0.4 is 15.2 Å². The van der Waals surface area contributed by atoms with Gasteiger partial charge in [-0.2, -0.15) is 0 Å². The average Bonchev–Trinajstić information content (AvgIpc) is 2.39. The molecule has 0 bridgehead atoms. The fourth-order valence-electron chi connectivity index (χ4n) is 1.70. The number of hydrogen-bond acceptors (Lipinski definition) is 5. The Hall–Kier alpha value is -2.30. The van der Waals surface area contributed by atoms with Crippen molar-refractivity contribution in [2.24, 2.45) is 0 Å². The van der Waals surface area contributed by atoms with Gasteiger partial charge >= 0.3 is 0 Å². The molecule has 2 N–H and O–H groups in total. The maximum absolute atomic E-state index is 5.57. The molecule has 0 fully saturated rings. The van der Waals surface area contributed by atoms with Gasteiger partial charge in [0.25, 0.3) is 0 Å². The van der Waals surface area contributed by atoms with Crippen LogP contribution in [-0.2, 0) is 0 Å². The van der Waals surface area contributed by atoms with Crippen molar-refractivity contribution in [3.05, 3.63) is 30.1 Å². The number of hydrogen-bond donors (Lipinski definition) is 1. The van der Waals surface area contributed by atoms with Gasteiger partial charge in [-0.1, -0.05) is 0 Å². The number of benzene rings is 1. The van der Waals surface area contributed by atoms with Crippen LogP contribution in [-0.4, -0.2) is 24.2 Å². The van der Waals surface area contributed by atoms with E-state index in [0.29, 0.717) is 17.3 Å². The third-order valence-electron chi connectivity index (χ3n) is 2.63. The highest BCUT2D eigenvalue weighted by Crippen LogP contribution is 2.33. The molecule has 0 atom stereocenters. The minimum atomic E-state index is 0.525. The van der Waals surface area contributed by atoms with E-state index in [4.69, 9.17) is 15.2 Å². The van der Waals surface area contributed by atoms with Gasteiger partial charge < -0.3 is 15.2 Å². The first-order chi connectivity index (χ1) is 8.65. The molecule has 5 heteroatoms. The zero-order valence-electron chi connectivity index (χ0n) is 10.6. The number of methoxy groups -OCH3 is 2. The van der Waals surface area contributed by atoms with E-state index in [-0.39, 0.29) is 0 Å². The first kappa shape index (κ1) is 12.2. The minimum Gasteiger partial charge on any atom is -0.496 e. The van der Waals surface area contributed by atoms with Gasteiger partial charge in [-0.05, 0) is 24.6 Å². The fourth-order valence-corrected chi connectivity index (χ4v) is 1.70. The summed E-state index contributed by atoms with van der Waals surface area (Å²) >= 11 is 0. The number of aryl methyl sites for hydroxylation is 1. The van der Waals surface area contributed by atoms with Crippen LogP contribution >= 0.6 is 0 Å². The second kappa shape index (κ2) is 4.91. The normalized spacial score (nSPS) is 10.2. The number of rotatable bonds is 3. The van der Waals surface area contributed by atoms with Crippen molar-refractivity contribution in [2.45, 2.75) is 6.92 Å². The molecular weight excluding hydrogens is 230 g/mol. The second-order valence-electron chi connectivity index (χ2n) is 3.86. The van der Waals surface area contributed by atoms with Crippen molar-refractivity contribution in [2.75, 3.05) is 20.0 Å². The van der Waals surface area contributed by atoms with Crippen molar-refractivity contribution in [3.8, 4) is 22.9 Å². The predicted molar refractivity (Wildman–Crippen MR) is 69.7 cm³/mol. The Morgan fingerprint density at radius 1 is 1.00 bits per heavy atom. The van der Waals surface area contributed by atoms with E-state index in [1.54, 1.807) is 26.6 Å². The molecule has 18 heavy (non-hydrogen) atoms. The molecule has 0 aliphatic heterocycles. The van der Waals surface area contributed by atoms with Gasteiger partial charge in [0.05, 0.1) is 37.9 Å². The number of aromatic nitrogens is 2. The van der Waals surface area contributed by atoms with E-state index < -0.39 is 0 Å². The Balaban J connectivity index is 2.57. The van der Waals surface area contributed by atoms with Gasteiger partial charge in [0.1, 0.15) is 11.5 Å². The highest BCUT2D eigenvalue weighted by atomic mass is 16.5. The van der Waals surface area contributed by atoms with Gasteiger partial charge in [0.15, 0.2) is 5.82 Å². The summed E-state index contributed by atoms with van der Waals surface area (Å²) < 4.78 is 10.6. The van der Waals surface area contributed by atoms with Crippen molar-refractivity contribution in [1.82, 2.24) is 9.97 Å². The van der Waals surface area contributed by atoms with Crippen LogP contribution in [0, 0.1) is 6.92 Å². The summed E-state index contributed by atoms with van der Waals surface area (Å²) in [5.74, 6) is 2.03. The molecule has 0 amide bonds. The molecule has 0 saturated heterocycles. The molecule has 0 saturated carbocycles. The molecule has 0 radical (unpaired) electrons. The zero-order chi connectivity index (χ0) is 13.1. The van der Waals surface area contributed by atoms with Crippen LogP contribution in [0.5, 0.6) is 11.5 Å². The lowest BCUT2D eigenvalue weighted by Gasteiger charge is -2.12.